The number of nitrogen functional groups attached to an aromatic ring is 1. The predicted molar refractivity (Wildman–Crippen MR) is 157 cm³/mol. The maximum atomic E-state index is 6.80. The molecule has 0 spiro atoms. The largest absolute Gasteiger partial charge is 0.383 e. The van der Waals surface area contributed by atoms with Crippen LogP contribution in [0.25, 0.3) is 27.8 Å². The van der Waals surface area contributed by atoms with Gasteiger partial charge in [0.25, 0.3) is 0 Å². The van der Waals surface area contributed by atoms with Gasteiger partial charge in [0.15, 0.2) is 0 Å². The molecule has 5 heteroatoms. The minimum Gasteiger partial charge on any atom is -0.383 e. The predicted octanol–water partition coefficient (Wildman–Crippen LogP) is 7.55. The standard InChI is InChI=1S/C33H25N5/c34-33-32(27-16-8-10-18-31(27)38(33)24-13-5-2-6-14-24)36-29-22-37(30-17-9-7-15-26(29)30)25-19-20-28(35-21-25)23-11-3-1-4-12-23/h1-21H,22,34H2. The van der Waals surface area contributed by atoms with E-state index in [0.29, 0.717) is 12.4 Å². The number of aliphatic imine (C=N–C) groups is 1. The summed E-state index contributed by atoms with van der Waals surface area (Å²) in [6.07, 6.45) is 1.94. The molecule has 5 nitrogen and oxygen atoms in total. The SMILES string of the molecule is Nc1c(N=C2CN(c3ccc(-c4ccccc4)nc3)c3ccccc32)c2ccccc2n1-c1ccccc1. The minimum absolute atomic E-state index is 0.634. The number of benzene rings is 4. The van der Waals surface area contributed by atoms with Crippen molar-refractivity contribution in [3.8, 4) is 16.9 Å². The molecule has 6 aromatic rings. The van der Waals surface area contributed by atoms with Gasteiger partial charge in [0.05, 0.1) is 41.0 Å². The van der Waals surface area contributed by atoms with Crippen molar-refractivity contribution in [2.24, 2.45) is 4.99 Å². The molecule has 3 heterocycles. The number of para-hydroxylation sites is 3. The molecule has 0 fully saturated rings. The summed E-state index contributed by atoms with van der Waals surface area (Å²) < 4.78 is 2.08. The lowest BCUT2D eigenvalue weighted by atomic mass is 10.1. The van der Waals surface area contributed by atoms with Crippen molar-refractivity contribution < 1.29 is 0 Å². The summed E-state index contributed by atoms with van der Waals surface area (Å²) in [7, 11) is 0. The van der Waals surface area contributed by atoms with Crippen LogP contribution in [0, 0.1) is 0 Å². The number of aromatic nitrogens is 2. The Morgan fingerprint density at radius 1 is 0.684 bits per heavy atom. The molecule has 0 unspecified atom stereocenters. The van der Waals surface area contributed by atoms with Crippen molar-refractivity contribution in [3.05, 3.63) is 133 Å². The zero-order valence-corrected chi connectivity index (χ0v) is 20.7. The van der Waals surface area contributed by atoms with Gasteiger partial charge in [-0.1, -0.05) is 84.9 Å². The third-order valence-corrected chi connectivity index (χ3v) is 7.09. The van der Waals surface area contributed by atoms with E-state index in [1.165, 1.54) is 0 Å². The number of hydrogen-bond acceptors (Lipinski definition) is 4. The Morgan fingerprint density at radius 2 is 1.39 bits per heavy atom. The van der Waals surface area contributed by atoms with Crippen molar-refractivity contribution in [2.45, 2.75) is 0 Å². The summed E-state index contributed by atoms with van der Waals surface area (Å²) >= 11 is 0. The van der Waals surface area contributed by atoms with Crippen LogP contribution >= 0.6 is 0 Å². The number of hydrogen-bond donors (Lipinski definition) is 1. The van der Waals surface area contributed by atoms with Gasteiger partial charge in [-0.3, -0.25) is 9.55 Å². The van der Waals surface area contributed by atoms with Gasteiger partial charge in [0.1, 0.15) is 11.5 Å². The van der Waals surface area contributed by atoms with Crippen molar-refractivity contribution in [1.29, 1.82) is 0 Å². The molecule has 0 saturated carbocycles. The number of fused-ring (bicyclic) bond motifs is 2. The molecule has 1 aliphatic rings. The van der Waals surface area contributed by atoms with Crippen LogP contribution in [-0.4, -0.2) is 21.8 Å². The first-order valence-electron chi connectivity index (χ1n) is 12.7. The minimum atomic E-state index is 0.634. The molecule has 182 valence electrons. The second kappa shape index (κ2) is 9.05. The van der Waals surface area contributed by atoms with Crippen LogP contribution in [0.4, 0.5) is 22.9 Å². The Hall–Kier alpha value is -5.16. The molecule has 7 rings (SSSR count). The molecule has 4 aromatic carbocycles. The molecule has 0 bridgehead atoms. The number of pyridine rings is 1. The summed E-state index contributed by atoms with van der Waals surface area (Å²) in [5.41, 5.74) is 16.0. The Morgan fingerprint density at radius 3 is 2.18 bits per heavy atom. The van der Waals surface area contributed by atoms with Crippen LogP contribution in [0.5, 0.6) is 0 Å². The third kappa shape index (κ3) is 3.64. The smallest absolute Gasteiger partial charge is 0.135 e. The van der Waals surface area contributed by atoms with E-state index in [2.05, 4.69) is 82.3 Å². The Kier molecular flexibility index (Phi) is 5.26. The Labute approximate surface area is 221 Å². The Balaban J connectivity index is 1.32. The van der Waals surface area contributed by atoms with Gasteiger partial charge < -0.3 is 10.6 Å². The average Bonchev–Trinajstić information content (AvgIpc) is 3.49. The molecule has 0 radical (unpaired) electrons. The fraction of sp³-hybridized carbons (Fsp3) is 0.0303. The van der Waals surface area contributed by atoms with Crippen LogP contribution in [-0.2, 0) is 0 Å². The van der Waals surface area contributed by atoms with Gasteiger partial charge in [-0.25, -0.2) is 4.99 Å². The lowest BCUT2D eigenvalue weighted by Crippen LogP contribution is -2.17. The molecule has 1 aliphatic heterocycles. The summed E-state index contributed by atoms with van der Waals surface area (Å²) in [4.78, 5) is 12.3. The van der Waals surface area contributed by atoms with Gasteiger partial charge in [-0.2, -0.15) is 0 Å². The van der Waals surface area contributed by atoms with Gasteiger partial charge in [-0.15, -0.1) is 0 Å². The summed E-state index contributed by atoms with van der Waals surface area (Å²) in [6, 6.07) is 41.3. The number of rotatable bonds is 4. The summed E-state index contributed by atoms with van der Waals surface area (Å²) in [5, 5.41) is 1.03. The van der Waals surface area contributed by atoms with E-state index < -0.39 is 0 Å². The molecule has 0 atom stereocenters. The van der Waals surface area contributed by atoms with Crippen LogP contribution < -0.4 is 10.6 Å². The summed E-state index contributed by atoms with van der Waals surface area (Å²) in [5.74, 6) is 0.634. The zero-order chi connectivity index (χ0) is 25.5. The van der Waals surface area contributed by atoms with E-state index in [1.54, 1.807) is 0 Å². The Bertz CT molecular complexity index is 1790. The maximum absolute atomic E-state index is 6.80. The monoisotopic (exact) mass is 491 g/mol. The number of nitrogens with two attached hydrogens (primary N) is 1. The van der Waals surface area contributed by atoms with E-state index in [-0.39, 0.29) is 0 Å². The van der Waals surface area contributed by atoms with Crippen molar-refractivity contribution >= 4 is 39.5 Å². The van der Waals surface area contributed by atoms with E-state index in [0.717, 1.165) is 56.2 Å². The highest BCUT2D eigenvalue weighted by Crippen LogP contribution is 2.41. The normalized spacial score (nSPS) is 13.8. The van der Waals surface area contributed by atoms with Crippen molar-refractivity contribution in [3.63, 3.8) is 0 Å². The lowest BCUT2D eigenvalue weighted by Gasteiger charge is -2.18. The fourth-order valence-electron chi connectivity index (χ4n) is 5.27. The van der Waals surface area contributed by atoms with Crippen LogP contribution in [0.3, 0.4) is 0 Å². The van der Waals surface area contributed by atoms with Crippen LogP contribution in [0.1, 0.15) is 5.56 Å². The number of anilines is 3. The average molecular weight is 492 g/mol. The topological polar surface area (TPSA) is 59.4 Å². The summed E-state index contributed by atoms with van der Waals surface area (Å²) in [6.45, 7) is 0.635. The molecule has 2 N–H and O–H groups in total. The van der Waals surface area contributed by atoms with Crippen LogP contribution in [0.15, 0.2) is 133 Å². The molecule has 2 aromatic heterocycles. The highest BCUT2D eigenvalue weighted by atomic mass is 15.2. The second-order valence-corrected chi connectivity index (χ2v) is 9.35. The molecule has 0 aliphatic carbocycles. The lowest BCUT2D eigenvalue weighted by molar-refractivity contribution is 1.13. The first-order valence-corrected chi connectivity index (χ1v) is 12.7. The molecule has 0 saturated heterocycles. The van der Waals surface area contributed by atoms with Gasteiger partial charge >= 0.3 is 0 Å². The second-order valence-electron chi connectivity index (χ2n) is 9.35. The van der Waals surface area contributed by atoms with E-state index in [4.69, 9.17) is 15.7 Å². The van der Waals surface area contributed by atoms with Crippen LogP contribution in [0.2, 0.25) is 0 Å². The first kappa shape index (κ1) is 22.1. The highest BCUT2D eigenvalue weighted by Gasteiger charge is 2.27. The van der Waals surface area contributed by atoms with Crippen molar-refractivity contribution in [1.82, 2.24) is 9.55 Å². The number of nitrogens with zero attached hydrogens (tertiary/aromatic N) is 4. The van der Waals surface area contributed by atoms with Gasteiger partial charge in [0, 0.05) is 22.2 Å². The van der Waals surface area contributed by atoms with E-state index >= 15 is 0 Å². The highest BCUT2D eigenvalue weighted by molar-refractivity contribution is 6.16. The zero-order valence-electron chi connectivity index (χ0n) is 20.7. The molecular formula is C33H25N5. The van der Waals surface area contributed by atoms with E-state index in [9.17, 15) is 0 Å². The quantitative estimate of drug-likeness (QED) is 0.277. The molecular weight excluding hydrogens is 466 g/mol. The molecule has 0 amide bonds. The van der Waals surface area contributed by atoms with Gasteiger partial charge in [-0.05, 0) is 36.4 Å². The van der Waals surface area contributed by atoms with E-state index in [1.807, 2.05) is 54.7 Å². The maximum Gasteiger partial charge on any atom is 0.135 e. The first-order chi connectivity index (χ1) is 18.8. The third-order valence-electron chi connectivity index (χ3n) is 7.09. The van der Waals surface area contributed by atoms with Crippen molar-refractivity contribution in [2.75, 3.05) is 17.2 Å². The van der Waals surface area contributed by atoms with Gasteiger partial charge in [0.2, 0.25) is 0 Å². The molecule has 38 heavy (non-hydrogen) atoms. The fourth-order valence-corrected chi connectivity index (χ4v) is 5.27.